The van der Waals surface area contributed by atoms with Crippen LogP contribution in [0.25, 0.3) is 0 Å². The van der Waals surface area contributed by atoms with Gasteiger partial charge in [-0.05, 0) is 37.0 Å². The largest absolute Gasteiger partial charge is 0.370 e. The van der Waals surface area contributed by atoms with Gasteiger partial charge in [0.1, 0.15) is 5.82 Å². The van der Waals surface area contributed by atoms with Crippen molar-refractivity contribution in [2.75, 3.05) is 23.7 Å². The fourth-order valence-electron chi connectivity index (χ4n) is 3.08. The van der Waals surface area contributed by atoms with Crippen LogP contribution in [-0.4, -0.2) is 27.9 Å². The van der Waals surface area contributed by atoms with Gasteiger partial charge in [0.15, 0.2) is 5.82 Å². The van der Waals surface area contributed by atoms with E-state index in [0.29, 0.717) is 6.04 Å². The second-order valence-electron chi connectivity index (χ2n) is 5.16. The molecule has 0 aliphatic carbocycles. The molecule has 0 aromatic carbocycles. The number of hydrogen-bond donors (Lipinski definition) is 2. The summed E-state index contributed by atoms with van der Waals surface area (Å²) in [6.07, 6.45) is 7.09. The maximum atomic E-state index is 4.77. The van der Waals surface area contributed by atoms with E-state index >= 15 is 0 Å². The van der Waals surface area contributed by atoms with Crippen LogP contribution in [0.15, 0.2) is 24.5 Å². The van der Waals surface area contributed by atoms with Gasteiger partial charge in [-0.3, -0.25) is 4.98 Å². The van der Waals surface area contributed by atoms with Gasteiger partial charge in [0.25, 0.3) is 0 Å². The Bertz CT molecular complexity index is 589. The summed E-state index contributed by atoms with van der Waals surface area (Å²) in [7, 11) is 0. The Balaban J connectivity index is 1.81. The zero-order valence-electron chi connectivity index (χ0n) is 10.8. The van der Waals surface area contributed by atoms with Crippen molar-refractivity contribution in [2.24, 2.45) is 0 Å². The highest BCUT2D eigenvalue weighted by molar-refractivity contribution is 5.62. The van der Waals surface area contributed by atoms with E-state index in [1.54, 1.807) is 0 Å². The molecule has 0 spiro atoms. The molecule has 0 bridgehead atoms. The molecular formula is C14H17N5. The SMILES string of the molecule is c1cc(C2CCNc3c4c(nn32)NCCC4)ccn1. The van der Waals surface area contributed by atoms with Crippen LogP contribution in [0.5, 0.6) is 0 Å². The van der Waals surface area contributed by atoms with E-state index in [1.165, 1.54) is 23.4 Å². The summed E-state index contributed by atoms with van der Waals surface area (Å²) < 4.78 is 2.15. The minimum atomic E-state index is 0.326. The van der Waals surface area contributed by atoms with Gasteiger partial charge in [-0.15, -0.1) is 0 Å². The Morgan fingerprint density at radius 2 is 2.05 bits per heavy atom. The Labute approximate surface area is 112 Å². The highest BCUT2D eigenvalue weighted by Crippen LogP contribution is 2.36. The molecule has 0 saturated carbocycles. The first-order valence-corrected chi connectivity index (χ1v) is 6.92. The molecule has 4 rings (SSSR count). The van der Waals surface area contributed by atoms with Gasteiger partial charge in [0, 0.05) is 31.0 Å². The third kappa shape index (κ3) is 1.69. The van der Waals surface area contributed by atoms with Crippen LogP contribution in [-0.2, 0) is 6.42 Å². The highest BCUT2D eigenvalue weighted by Gasteiger charge is 2.28. The van der Waals surface area contributed by atoms with Crippen LogP contribution < -0.4 is 10.6 Å². The monoisotopic (exact) mass is 255 g/mol. The van der Waals surface area contributed by atoms with Crippen molar-refractivity contribution in [1.82, 2.24) is 14.8 Å². The van der Waals surface area contributed by atoms with Crippen molar-refractivity contribution in [3.63, 3.8) is 0 Å². The normalized spacial score (nSPS) is 20.9. The van der Waals surface area contributed by atoms with Gasteiger partial charge >= 0.3 is 0 Å². The van der Waals surface area contributed by atoms with E-state index in [-0.39, 0.29) is 0 Å². The standard InChI is InChI=1S/C14H17N5/c1-2-11-13(16-6-1)18-19-12(5-9-17-14(11)19)10-3-7-15-8-4-10/h3-4,7-8,12,17H,1-2,5-6,9H2,(H,16,18). The van der Waals surface area contributed by atoms with Gasteiger partial charge in [0.05, 0.1) is 6.04 Å². The fraction of sp³-hybridized carbons (Fsp3) is 0.429. The lowest BCUT2D eigenvalue weighted by Crippen LogP contribution is -2.24. The molecule has 0 fully saturated rings. The molecule has 2 aliphatic heterocycles. The molecule has 5 nitrogen and oxygen atoms in total. The van der Waals surface area contributed by atoms with E-state index in [0.717, 1.165) is 31.7 Å². The van der Waals surface area contributed by atoms with Crippen LogP contribution >= 0.6 is 0 Å². The van der Waals surface area contributed by atoms with Gasteiger partial charge in [-0.1, -0.05) is 0 Å². The molecule has 5 heteroatoms. The number of pyridine rings is 1. The summed E-state index contributed by atoms with van der Waals surface area (Å²) in [6, 6.07) is 4.51. The molecule has 2 N–H and O–H groups in total. The van der Waals surface area contributed by atoms with Crippen molar-refractivity contribution in [1.29, 1.82) is 0 Å². The van der Waals surface area contributed by atoms with Crippen LogP contribution in [0.2, 0.25) is 0 Å². The topological polar surface area (TPSA) is 54.8 Å². The Kier molecular flexibility index (Phi) is 2.43. The molecule has 98 valence electrons. The minimum Gasteiger partial charge on any atom is -0.370 e. The van der Waals surface area contributed by atoms with Crippen molar-refractivity contribution in [2.45, 2.75) is 25.3 Å². The summed E-state index contributed by atoms with van der Waals surface area (Å²) in [6.45, 7) is 2.04. The summed E-state index contributed by atoms with van der Waals surface area (Å²) in [5.41, 5.74) is 2.64. The van der Waals surface area contributed by atoms with E-state index in [4.69, 9.17) is 5.10 Å². The minimum absolute atomic E-state index is 0.326. The molecule has 0 saturated heterocycles. The highest BCUT2D eigenvalue weighted by atomic mass is 15.4. The lowest BCUT2D eigenvalue weighted by atomic mass is 10.0. The third-order valence-electron chi connectivity index (χ3n) is 4.00. The average molecular weight is 255 g/mol. The van der Waals surface area contributed by atoms with Gasteiger partial charge < -0.3 is 10.6 Å². The molecular weight excluding hydrogens is 238 g/mol. The first-order valence-electron chi connectivity index (χ1n) is 6.92. The number of anilines is 2. The number of nitrogens with one attached hydrogen (secondary N) is 2. The van der Waals surface area contributed by atoms with Gasteiger partial charge in [-0.25, -0.2) is 4.68 Å². The first kappa shape index (κ1) is 10.8. The molecule has 2 aliphatic rings. The van der Waals surface area contributed by atoms with Crippen LogP contribution in [0.4, 0.5) is 11.6 Å². The van der Waals surface area contributed by atoms with E-state index in [9.17, 15) is 0 Å². The Hall–Kier alpha value is -2.04. The summed E-state index contributed by atoms with van der Waals surface area (Å²) in [5.74, 6) is 2.27. The maximum Gasteiger partial charge on any atom is 0.153 e. The zero-order valence-corrected chi connectivity index (χ0v) is 10.8. The smallest absolute Gasteiger partial charge is 0.153 e. The molecule has 2 aromatic heterocycles. The van der Waals surface area contributed by atoms with Crippen LogP contribution in [0.3, 0.4) is 0 Å². The predicted octanol–water partition coefficient (Wildman–Crippen LogP) is 2.04. The van der Waals surface area contributed by atoms with E-state index in [1.807, 2.05) is 12.4 Å². The molecule has 19 heavy (non-hydrogen) atoms. The Morgan fingerprint density at radius 1 is 1.16 bits per heavy atom. The van der Waals surface area contributed by atoms with Crippen molar-refractivity contribution < 1.29 is 0 Å². The molecule has 4 heterocycles. The summed E-state index contributed by atoms with van der Waals surface area (Å²) in [5, 5.41) is 11.7. The van der Waals surface area contributed by atoms with Gasteiger partial charge in [-0.2, -0.15) is 5.10 Å². The maximum absolute atomic E-state index is 4.77. The number of aromatic nitrogens is 3. The molecule has 0 amide bonds. The number of nitrogens with zero attached hydrogens (tertiary/aromatic N) is 3. The molecule has 2 aromatic rings. The molecule has 1 unspecified atom stereocenters. The zero-order chi connectivity index (χ0) is 12.7. The lowest BCUT2D eigenvalue weighted by Gasteiger charge is -2.26. The number of rotatable bonds is 1. The van der Waals surface area contributed by atoms with Crippen molar-refractivity contribution in [3.05, 3.63) is 35.7 Å². The first-order chi connectivity index (χ1) is 9.43. The summed E-state index contributed by atoms with van der Waals surface area (Å²) in [4.78, 5) is 4.10. The Morgan fingerprint density at radius 3 is 2.95 bits per heavy atom. The van der Waals surface area contributed by atoms with Crippen LogP contribution in [0, 0.1) is 0 Å². The summed E-state index contributed by atoms with van der Waals surface area (Å²) >= 11 is 0. The molecule has 0 radical (unpaired) electrons. The lowest BCUT2D eigenvalue weighted by molar-refractivity contribution is 0.482. The predicted molar refractivity (Wildman–Crippen MR) is 74.5 cm³/mol. The second-order valence-corrected chi connectivity index (χ2v) is 5.16. The average Bonchev–Trinajstić information content (AvgIpc) is 2.87. The van der Waals surface area contributed by atoms with Crippen molar-refractivity contribution >= 4 is 11.6 Å². The van der Waals surface area contributed by atoms with E-state index < -0.39 is 0 Å². The van der Waals surface area contributed by atoms with Crippen molar-refractivity contribution in [3.8, 4) is 0 Å². The number of hydrogen-bond acceptors (Lipinski definition) is 4. The van der Waals surface area contributed by atoms with Gasteiger partial charge in [0.2, 0.25) is 0 Å². The van der Waals surface area contributed by atoms with E-state index in [2.05, 4.69) is 32.4 Å². The van der Waals surface area contributed by atoms with Crippen LogP contribution in [0.1, 0.15) is 30.0 Å². The third-order valence-corrected chi connectivity index (χ3v) is 4.00. The quantitative estimate of drug-likeness (QED) is 0.819. The molecule has 1 atom stereocenters. The second kappa shape index (κ2) is 4.26. The fourth-order valence-corrected chi connectivity index (χ4v) is 3.08. The number of fused-ring (bicyclic) bond motifs is 3.